The number of thiazole rings is 1. The molecule has 0 aliphatic carbocycles. The minimum atomic E-state index is 0.775. The molecule has 68 valence electrons. The standard InChI is InChI=1S/C9H14ClNS/c1-7-9(5-3-4-6-10)12-8(2)11-7/h3-6H2,1-2H3. The van der Waals surface area contributed by atoms with Crippen LogP contribution in [0, 0.1) is 13.8 Å². The summed E-state index contributed by atoms with van der Waals surface area (Å²) < 4.78 is 0. The Balaban J connectivity index is 2.45. The molecule has 0 fully saturated rings. The summed E-state index contributed by atoms with van der Waals surface area (Å²) in [5, 5.41) is 1.17. The van der Waals surface area contributed by atoms with Gasteiger partial charge in [-0.2, -0.15) is 0 Å². The van der Waals surface area contributed by atoms with Gasteiger partial charge in [0.05, 0.1) is 10.7 Å². The van der Waals surface area contributed by atoms with Gasteiger partial charge in [-0.25, -0.2) is 4.98 Å². The Morgan fingerprint density at radius 2 is 2.08 bits per heavy atom. The van der Waals surface area contributed by atoms with E-state index < -0.39 is 0 Å². The van der Waals surface area contributed by atoms with Crippen molar-refractivity contribution in [1.82, 2.24) is 4.98 Å². The Morgan fingerprint density at radius 3 is 2.58 bits per heavy atom. The van der Waals surface area contributed by atoms with Gasteiger partial charge in [-0.1, -0.05) is 0 Å². The summed E-state index contributed by atoms with van der Waals surface area (Å²) in [4.78, 5) is 5.80. The van der Waals surface area contributed by atoms with E-state index in [1.807, 2.05) is 11.3 Å². The number of unbranched alkanes of at least 4 members (excludes halogenated alkanes) is 1. The van der Waals surface area contributed by atoms with Crippen molar-refractivity contribution in [2.24, 2.45) is 0 Å². The van der Waals surface area contributed by atoms with Gasteiger partial charge in [-0.3, -0.25) is 0 Å². The first-order valence-electron chi connectivity index (χ1n) is 4.23. The van der Waals surface area contributed by atoms with Crippen molar-refractivity contribution in [1.29, 1.82) is 0 Å². The van der Waals surface area contributed by atoms with Crippen molar-refractivity contribution in [3.63, 3.8) is 0 Å². The predicted molar refractivity (Wildman–Crippen MR) is 55.2 cm³/mol. The number of rotatable bonds is 4. The maximum Gasteiger partial charge on any atom is 0.0900 e. The molecule has 0 unspecified atom stereocenters. The molecule has 0 N–H and O–H groups in total. The van der Waals surface area contributed by atoms with Crippen molar-refractivity contribution in [2.75, 3.05) is 5.88 Å². The molecule has 1 nitrogen and oxygen atoms in total. The van der Waals surface area contributed by atoms with Gasteiger partial charge in [0, 0.05) is 10.8 Å². The molecule has 12 heavy (non-hydrogen) atoms. The minimum Gasteiger partial charge on any atom is -0.247 e. The van der Waals surface area contributed by atoms with Crippen LogP contribution >= 0.6 is 22.9 Å². The lowest BCUT2D eigenvalue weighted by Crippen LogP contribution is -1.85. The third-order valence-electron chi connectivity index (χ3n) is 1.79. The average molecular weight is 204 g/mol. The van der Waals surface area contributed by atoms with E-state index >= 15 is 0 Å². The summed E-state index contributed by atoms with van der Waals surface area (Å²) in [5.41, 5.74) is 1.20. The van der Waals surface area contributed by atoms with E-state index in [2.05, 4.69) is 18.8 Å². The summed E-state index contributed by atoms with van der Waals surface area (Å²) in [6, 6.07) is 0. The van der Waals surface area contributed by atoms with Gasteiger partial charge in [0.25, 0.3) is 0 Å². The SMILES string of the molecule is Cc1nc(C)c(CCCCCl)s1. The molecule has 0 bridgehead atoms. The van der Waals surface area contributed by atoms with Crippen LogP contribution in [0.2, 0.25) is 0 Å². The first kappa shape index (κ1) is 10.0. The van der Waals surface area contributed by atoms with Gasteiger partial charge < -0.3 is 0 Å². The zero-order chi connectivity index (χ0) is 8.97. The summed E-state index contributed by atoms with van der Waals surface area (Å²) >= 11 is 7.41. The van der Waals surface area contributed by atoms with Crippen LogP contribution in [0.1, 0.15) is 28.4 Å². The molecule has 1 rings (SSSR count). The Morgan fingerprint density at radius 1 is 1.33 bits per heavy atom. The lowest BCUT2D eigenvalue weighted by molar-refractivity contribution is 0.803. The summed E-state index contributed by atoms with van der Waals surface area (Å²) in [6.45, 7) is 4.14. The Kier molecular flexibility index (Phi) is 4.02. The second-order valence-corrected chi connectivity index (χ2v) is 4.55. The van der Waals surface area contributed by atoms with E-state index in [0.29, 0.717) is 0 Å². The third-order valence-corrected chi connectivity index (χ3v) is 3.19. The number of nitrogens with zero attached hydrogens (tertiary/aromatic N) is 1. The van der Waals surface area contributed by atoms with Gasteiger partial charge in [0.1, 0.15) is 0 Å². The van der Waals surface area contributed by atoms with Gasteiger partial charge in [-0.15, -0.1) is 22.9 Å². The van der Waals surface area contributed by atoms with Crippen LogP contribution in [0.3, 0.4) is 0 Å². The molecule has 0 aliphatic rings. The summed E-state index contributed by atoms with van der Waals surface area (Å²) in [6.07, 6.45) is 3.44. The Hall–Kier alpha value is -0.0800. The minimum absolute atomic E-state index is 0.775. The first-order valence-corrected chi connectivity index (χ1v) is 5.58. The molecule has 0 saturated heterocycles. The van der Waals surface area contributed by atoms with Crippen LogP contribution < -0.4 is 0 Å². The number of halogens is 1. The number of aryl methyl sites for hydroxylation is 3. The van der Waals surface area contributed by atoms with Crippen molar-refractivity contribution >= 4 is 22.9 Å². The van der Waals surface area contributed by atoms with Gasteiger partial charge in [0.15, 0.2) is 0 Å². The summed E-state index contributed by atoms with van der Waals surface area (Å²) in [5.74, 6) is 0.775. The second-order valence-electron chi connectivity index (χ2n) is 2.89. The molecule has 3 heteroatoms. The maximum absolute atomic E-state index is 5.60. The van der Waals surface area contributed by atoms with Crippen LogP contribution in [0.15, 0.2) is 0 Å². The maximum atomic E-state index is 5.60. The second kappa shape index (κ2) is 4.83. The van der Waals surface area contributed by atoms with E-state index in [0.717, 1.165) is 18.7 Å². The number of hydrogen-bond donors (Lipinski definition) is 0. The normalized spacial score (nSPS) is 10.6. The molecule has 0 aliphatic heterocycles. The molecule has 0 spiro atoms. The molecule has 1 heterocycles. The topological polar surface area (TPSA) is 12.9 Å². The van der Waals surface area contributed by atoms with E-state index in [9.17, 15) is 0 Å². The smallest absolute Gasteiger partial charge is 0.0900 e. The quantitative estimate of drug-likeness (QED) is 0.541. The largest absolute Gasteiger partial charge is 0.247 e. The van der Waals surface area contributed by atoms with E-state index in [1.165, 1.54) is 22.0 Å². The van der Waals surface area contributed by atoms with Crippen LogP contribution in [-0.2, 0) is 6.42 Å². The fraction of sp³-hybridized carbons (Fsp3) is 0.667. The molecule has 0 saturated carbocycles. The molecule has 0 aromatic carbocycles. The third kappa shape index (κ3) is 2.76. The molecule has 0 radical (unpaired) electrons. The van der Waals surface area contributed by atoms with Crippen molar-refractivity contribution < 1.29 is 0 Å². The molecular formula is C9H14ClNS. The Labute approximate surface area is 82.8 Å². The van der Waals surface area contributed by atoms with Crippen LogP contribution in [0.4, 0.5) is 0 Å². The molecule has 1 aromatic rings. The van der Waals surface area contributed by atoms with Crippen LogP contribution in [0.5, 0.6) is 0 Å². The first-order chi connectivity index (χ1) is 5.74. The summed E-state index contributed by atoms with van der Waals surface area (Å²) in [7, 11) is 0. The van der Waals surface area contributed by atoms with Crippen molar-refractivity contribution in [3.8, 4) is 0 Å². The van der Waals surface area contributed by atoms with E-state index in [1.54, 1.807) is 0 Å². The molecule has 1 aromatic heterocycles. The van der Waals surface area contributed by atoms with Crippen molar-refractivity contribution in [3.05, 3.63) is 15.6 Å². The van der Waals surface area contributed by atoms with Gasteiger partial charge in [0.2, 0.25) is 0 Å². The molecule has 0 amide bonds. The molecule has 0 atom stereocenters. The fourth-order valence-electron chi connectivity index (χ4n) is 1.19. The zero-order valence-corrected chi connectivity index (χ0v) is 9.13. The lowest BCUT2D eigenvalue weighted by Gasteiger charge is -1.95. The lowest BCUT2D eigenvalue weighted by atomic mass is 10.2. The highest BCUT2D eigenvalue weighted by molar-refractivity contribution is 7.11. The number of aromatic nitrogens is 1. The van der Waals surface area contributed by atoms with Crippen molar-refractivity contribution in [2.45, 2.75) is 33.1 Å². The average Bonchev–Trinajstić information content (AvgIpc) is 2.31. The fourth-order valence-corrected chi connectivity index (χ4v) is 2.35. The van der Waals surface area contributed by atoms with E-state index in [4.69, 9.17) is 11.6 Å². The van der Waals surface area contributed by atoms with Crippen LogP contribution in [0.25, 0.3) is 0 Å². The van der Waals surface area contributed by atoms with Crippen LogP contribution in [-0.4, -0.2) is 10.9 Å². The zero-order valence-electron chi connectivity index (χ0n) is 7.56. The number of hydrogen-bond acceptors (Lipinski definition) is 2. The highest BCUT2D eigenvalue weighted by Crippen LogP contribution is 2.19. The predicted octanol–water partition coefficient (Wildman–Crippen LogP) is 3.32. The van der Waals surface area contributed by atoms with E-state index in [-0.39, 0.29) is 0 Å². The monoisotopic (exact) mass is 203 g/mol. The Bertz CT molecular complexity index is 245. The van der Waals surface area contributed by atoms with Gasteiger partial charge >= 0.3 is 0 Å². The van der Waals surface area contributed by atoms with Gasteiger partial charge in [-0.05, 0) is 33.1 Å². The molecular weight excluding hydrogens is 190 g/mol. The highest BCUT2D eigenvalue weighted by atomic mass is 35.5. The number of alkyl halides is 1. The highest BCUT2D eigenvalue weighted by Gasteiger charge is 2.03.